The van der Waals surface area contributed by atoms with Crippen LogP contribution in [0.15, 0.2) is 0 Å². The second-order valence-electron chi connectivity index (χ2n) is 3.63. The lowest BCUT2D eigenvalue weighted by atomic mass is 10.1. The zero-order valence-electron chi connectivity index (χ0n) is 8.36. The molecular weight excluding hydrogens is 190 g/mol. The Morgan fingerprint density at radius 3 is 2.46 bits per heavy atom. The number of likely N-dealkylation sites (tertiary alicyclic amines) is 1. The van der Waals surface area contributed by atoms with Gasteiger partial charge in [-0.3, -0.25) is 9.08 Å². The monoisotopic (exact) mass is 207 g/mol. The van der Waals surface area contributed by atoms with E-state index in [9.17, 15) is 8.42 Å². The van der Waals surface area contributed by atoms with Crippen molar-refractivity contribution in [3.63, 3.8) is 0 Å². The molecule has 0 saturated carbocycles. The summed E-state index contributed by atoms with van der Waals surface area (Å²) >= 11 is 0. The molecule has 0 aromatic carbocycles. The lowest BCUT2D eigenvalue weighted by Gasteiger charge is -2.41. The first kappa shape index (κ1) is 10.9. The molecule has 1 unspecified atom stereocenters. The van der Waals surface area contributed by atoms with Gasteiger partial charge < -0.3 is 0 Å². The summed E-state index contributed by atoms with van der Waals surface area (Å²) in [6, 6.07) is 0.527. The Balaban J connectivity index is 2.26. The molecule has 0 radical (unpaired) electrons. The molecule has 5 heteroatoms. The Morgan fingerprint density at radius 1 is 1.54 bits per heavy atom. The summed E-state index contributed by atoms with van der Waals surface area (Å²) in [5, 5.41) is 0. The van der Waals surface area contributed by atoms with Crippen LogP contribution in [-0.4, -0.2) is 44.8 Å². The lowest BCUT2D eigenvalue weighted by Crippen LogP contribution is -2.55. The van der Waals surface area contributed by atoms with E-state index in [0.29, 0.717) is 6.04 Å². The van der Waals surface area contributed by atoms with Crippen molar-refractivity contribution in [3.8, 4) is 0 Å². The van der Waals surface area contributed by atoms with Crippen molar-refractivity contribution in [2.75, 3.05) is 19.3 Å². The summed E-state index contributed by atoms with van der Waals surface area (Å²) in [4.78, 5) is 2.22. The molecule has 1 aliphatic rings. The van der Waals surface area contributed by atoms with Gasteiger partial charge in [0.05, 0.1) is 6.26 Å². The second kappa shape index (κ2) is 3.94. The van der Waals surface area contributed by atoms with Crippen LogP contribution in [0.25, 0.3) is 0 Å². The molecule has 4 nitrogen and oxygen atoms in total. The van der Waals surface area contributed by atoms with Crippen molar-refractivity contribution >= 4 is 10.1 Å². The third kappa shape index (κ3) is 3.25. The van der Waals surface area contributed by atoms with Crippen LogP contribution in [0.3, 0.4) is 0 Å². The van der Waals surface area contributed by atoms with Crippen LogP contribution in [0, 0.1) is 0 Å². The SMILES string of the molecule is CCC(C)N1CC(OS(C)(=O)=O)C1. The van der Waals surface area contributed by atoms with E-state index < -0.39 is 10.1 Å². The molecule has 0 spiro atoms. The van der Waals surface area contributed by atoms with Crippen LogP contribution in [0.1, 0.15) is 20.3 Å². The summed E-state index contributed by atoms with van der Waals surface area (Å²) in [5.74, 6) is 0. The number of nitrogens with zero attached hydrogens (tertiary/aromatic N) is 1. The van der Waals surface area contributed by atoms with E-state index in [1.807, 2.05) is 0 Å². The average molecular weight is 207 g/mol. The predicted octanol–water partition coefficient (Wildman–Crippen LogP) is 0.445. The van der Waals surface area contributed by atoms with Crippen LogP contribution in [0.4, 0.5) is 0 Å². The molecule has 0 bridgehead atoms. The van der Waals surface area contributed by atoms with Crippen molar-refractivity contribution in [3.05, 3.63) is 0 Å². The van der Waals surface area contributed by atoms with Gasteiger partial charge in [-0.25, -0.2) is 0 Å². The van der Waals surface area contributed by atoms with Gasteiger partial charge in [0, 0.05) is 19.1 Å². The Bertz CT molecular complexity index is 257. The van der Waals surface area contributed by atoms with E-state index in [1.54, 1.807) is 0 Å². The molecule has 0 amide bonds. The zero-order chi connectivity index (χ0) is 10.1. The highest BCUT2D eigenvalue weighted by molar-refractivity contribution is 7.86. The first-order chi connectivity index (χ1) is 5.92. The van der Waals surface area contributed by atoms with Crippen molar-refractivity contribution < 1.29 is 12.6 Å². The molecule has 0 aliphatic carbocycles. The molecule has 0 N–H and O–H groups in total. The van der Waals surface area contributed by atoms with Gasteiger partial charge in [-0.05, 0) is 13.3 Å². The van der Waals surface area contributed by atoms with Crippen LogP contribution in [0.5, 0.6) is 0 Å². The molecule has 1 heterocycles. The number of hydrogen-bond acceptors (Lipinski definition) is 4. The van der Waals surface area contributed by atoms with E-state index in [1.165, 1.54) is 0 Å². The van der Waals surface area contributed by atoms with E-state index in [-0.39, 0.29) is 6.10 Å². The minimum atomic E-state index is -3.27. The topological polar surface area (TPSA) is 46.6 Å². The summed E-state index contributed by atoms with van der Waals surface area (Å²) in [6.07, 6.45) is 2.06. The standard InChI is InChI=1S/C8H17NO3S/c1-4-7(2)9-5-8(6-9)12-13(3,10)11/h7-8H,4-6H2,1-3H3. The van der Waals surface area contributed by atoms with Gasteiger partial charge in [0.1, 0.15) is 6.10 Å². The minimum Gasteiger partial charge on any atom is -0.295 e. The van der Waals surface area contributed by atoms with Crippen molar-refractivity contribution in [1.29, 1.82) is 0 Å². The van der Waals surface area contributed by atoms with E-state index in [2.05, 4.69) is 18.7 Å². The summed E-state index contributed by atoms with van der Waals surface area (Å²) in [7, 11) is -3.27. The van der Waals surface area contributed by atoms with E-state index in [0.717, 1.165) is 25.8 Å². The summed E-state index contributed by atoms with van der Waals surface area (Å²) in [6.45, 7) is 5.73. The maximum atomic E-state index is 10.7. The maximum Gasteiger partial charge on any atom is 0.264 e. The smallest absolute Gasteiger partial charge is 0.264 e. The van der Waals surface area contributed by atoms with Crippen LogP contribution in [-0.2, 0) is 14.3 Å². The molecule has 1 fully saturated rings. The van der Waals surface area contributed by atoms with Gasteiger partial charge in [0.15, 0.2) is 0 Å². The van der Waals surface area contributed by atoms with Crippen molar-refractivity contribution in [2.24, 2.45) is 0 Å². The maximum absolute atomic E-state index is 10.7. The molecule has 1 aliphatic heterocycles. The first-order valence-corrected chi connectivity index (χ1v) is 6.36. The van der Waals surface area contributed by atoms with Gasteiger partial charge in [0.25, 0.3) is 10.1 Å². The van der Waals surface area contributed by atoms with Crippen molar-refractivity contribution in [1.82, 2.24) is 4.90 Å². The fraction of sp³-hybridized carbons (Fsp3) is 1.00. The van der Waals surface area contributed by atoms with E-state index in [4.69, 9.17) is 4.18 Å². The fourth-order valence-electron chi connectivity index (χ4n) is 1.40. The van der Waals surface area contributed by atoms with Crippen molar-refractivity contribution in [2.45, 2.75) is 32.4 Å². The molecule has 78 valence electrons. The Labute approximate surface area is 80.0 Å². The largest absolute Gasteiger partial charge is 0.295 e. The van der Waals surface area contributed by atoms with Crippen LogP contribution >= 0.6 is 0 Å². The third-order valence-corrected chi connectivity index (χ3v) is 3.02. The molecule has 0 aromatic rings. The highest BCUT2D eigenvalue weighted by Gasteiger charge is 2.32. The summed E-state index contributed by atoms with van der Waals surface area (Å²) < 4.78 is 26.3. The van der Waals surface area contributed by atoms with E-state index >= 15 is 0 Å². The third-order valence-electron chi connectivity index (χ3n) is 2.40. The first-order valence-electron chi connectivity index (χ1n) is 4.54. The second-order valence-corrected chi connectivity index (χ2v) is 5.23. The molecule has 13 heavy (non-hydrogen) atoms. The van der Waals surface area contributed by atoms with Gasteiger partial charge >= 0.3 is 0 Å². The molecule has 1 saturated heterocycles. The number of hydrogen-bond donors (Lipinski definition) is 0. The molecule has 1 atom stereocenters. The predicted molar refractivity (Wildman–Crippen MR) is 51.0 cm³/mol. The highest BCUT2D eigenvalue weighted by Crippen LogP contribution is 2.17. The van der Waals surface area contributed by atoms with Gasteiger partial charge in [-0.15, -0.1) is 0 Å². The molecule has 0 aromatic heterocycles. The normalized spacial score (nSPS) is 22.7. The van der Waals surface area contributed by atoms with Crippen LogP contribution in [0.2, 0.25) is 0 Å². The van der Waals surface area contributed by atoms with Gasteiger partial charge in [0.2, 0.25) is 0 Å². The summed E-state index contributed by atoms with van der Waals surface area (Å²) in [5.41, 5.74) is 0. The molecule has 1 rings (SSSR count). The average Bonchev–Trinajstić information content (AvgIpc) is 1.92. The number of rotatable bonds is 4. The molecular formula is C8H17NO3S. The van der Waals surface area contributed by atoms with Crippen LogP contribution < -0.4 is 0 Å². The van der Waals surface area contributed by atoms with Gasteiger partial charge in [-0.2, -0.15) is 8.42 Å². The highest BCUT2D eigenvalue weighted by atomic mass is 32.2. The zero-order valence-corrected chi connectivity index (χ0v) is 9.17. The Morgan fingerprint density at radius 2 is 2.08 bits per heavy atom. The fourth-order valence-corrected chi connectivity index (χ4v) is 2.01. The van der Waals surface area contributed by atoms with Gasteiger partial charge in [-0.1, -0.05) is 6.92 Å². The lowest BCUT2D eigenvalue weighted by molar-refractivity contribution is -0.00110. The quantitative estimate of drug-likeness (QED) is 0.628. The Kier molecular flexibility index (Phi) is 3.32. The minimum absolute atomic E-state index is 0.121. The Hall–Kier alpha value is -0.130.